The lowest BCUT2D eigenvalue weighted by Gasteiger charge is -2.18. The maximum atomic E-state index is 13.8. The lowest BCUT2D eigenvalue weighted by Crippen LogP contribution is -2.27. The van der Waals surface area contributed by atoms with Crippen LogP contribution in [0.25, 0.3) is 0 Å². The van der Waals surface area contributed by atoms with E-state index in [2.05, 4.69) is 15.9 Å². The smallest absolute Gasteiger partial charge is 0.311 e. The molecule has 1 amide bonds. The molecular weight excluding hydrogens is 398 g/mol. The molecule has 0 spiro atoms. The van der Waals surface area contributed by atoms with Crippen LogP contribution in [0.2, 0.25) is 0 Å². The second-order valence-electron chi connectivity index (χ2n) is 4.53. The molecule has 0 aromatic heterocycles. The van der Waals surface area contributed by atoms with Crippen molar-refractivity contribution in [1.82, 2.24) is 0 Å². The number of thioether (sulfide) groups is 1. The average molecular weight is 408 g/mol. The molecule has 0 aliphatic carbocycles. The standard InChI is InChI=1S/C15H10BrF4NOS/c1-21(14(22)12-7-2-9(16)8-13(12)17)10-3-5-11(6-4-10)23-15(18,19)20/h2-8H,1H3. The minimum Gasteiger partial charge on any atom is -0.311 e. The molecule has 0 atom stereocenters. The van der Waals surface area contributed by atoms with E-state index in [1.54, 1.807) is 0 Å². The van der Waals surface area contributed by atoms with E-state index in [-0.39, 0.29) is 22.2 Å². The minimum atomic E-state index is -4.37. The van der Waals surface area contributed by atoms with Crippen molar-refractivity contribution >= 4 is 39.3 Å². The van der Waals surface area contributed by atoms with E-state index < -0.39 is 17.2 Å². The summed E-state index contributed by atoms with van der Waals surface area (Å²) in [5, 5.41) is 0. The second-order valence-corrected chi connectivity index (χ2v) is 6.58. The molecule has 0 heterocycles. The summed E-state index contributed by atoms with van der Waals surface area (Å²) in [7, 11) is 1.43. The maximum absolute atomic E-state index is 13.8. The molecule has 8 heteroatoms. The van der Waals surface area contributed by atoms with Crippen LogP contribution in [0, 0.1) is 5.82 Å². The summed E-state index contributed by atoms with van der Waals surface area (Å²) >= 11 is 2.86. The van der Waals surface area contributed by atoms with Gasteiger partial charge in [-0.3, -0.25) is 4.79 Å². The summed E-state index contributed by atoms with van der Waals surface area (Å²) in [6.45, 7) is 0. The van der Waals surface area contributed by atoms with Gasteiger partial charge in [0.15, 0.2) is 0 Å². The highest BCUT2D eigenvalue weighted by molar-refractivity contribution is 9.10. The number of benzene rings is 2. The molecule has 2 aromatic rings. The number of hydrogen-bond acceptors (Lipinski definition) is 2. The first-order chi connectivity index (χ1) is 10.7. The van der Waals surface area contributed by atoms with Gasteiger partial charge in [0.1, 0.15) is 5.82 Å². The summed E-state index contributed by atoms with van der Waals surface area (Å²) < 4.78 is 51.2. The van der Waals surface area contributed by atoms with E-state index in [9.17, 15) is 22.4 Å². The summed E-state index contributed by atoms with van der Waals surface area (Å²) in [6.07, 6.45) is 0. The highest BCUT2D eigenvalue weighted by Crippen LogP contribution is 2.37. The number of nitrogens with zero attached hydrogens (tertiary/aromatic N) is 1. The van der Waals surface area contributed by atoms with Gasteiger partial charge in [0.05, 0.1) is 5.56 Å². The quantitative estimate of drug-likeness (QED) is 0.496. The first-order valence-electron chi connectivity index (χ1n) is 6.26. The predicted octanol–water partition coefficient (Wildman–Crippen LogP) is 5.48. The Balaban J connectivity index is 2.19. The molecule has 0 radical (unpaired) electrons. The molecule has 0 bridgehead atoms. The van der Waals surface area contributed by atoms with Crippen molar-refractivity contribution in [3.63, 3.8) is 0 Å². The van der Waals surface area contributed by atoms with E-state index in [0.29, 0.717) is 10.2 Å². The van der Waals surface area contributed by atoms with Gasteiger partial charge in [-0.2, -0.15) is 13.2 Å². The van der Waals surface area contributed by atoms with Crippen LogP contribution in [0.5, 0.6) is 0 Å². The fourth-order valence-electron chi connectivity index (χ4n) is 1.83. The number of rotatable bonds is 3. The number of anilines is 1. The van der Waals surface area contributed by atoms with E-state index in [1.165, 1.54) is 54.4 Å². The molecule has 0 aliphatic heterocycles. The Labute approximate surface area is 142 Å². The molecule has 0 N–H and O–H groups in total. The van der Waals surface area contributed by atoms with Gasteiger partial charge < -0.3 is 4.90 Å². The summed E-state index contributed by atoms with van der Waals surface area (Å²) in [5.41, 5.74) is -4.13. The first-order valence-corrected chi connectivity index (χ1v) is 7.87. The number of carbonyl (C=O) groups is 1. The zero-order valence-electron chi connectivity index (χ0n) is 11.7. The van der Waals surface area contributed by atoms with Crippen LogP contribution in [0.4, 0.5) is 23.2 Å². The molecule has 2 rings (SSSR count). The van der Waals surface area contributed by atoms with Crippen LogP contribution in [-0.2, 0) is 0 Å². The average Bonchev–Trinajstić information content (AvgIpc) is 2.45. The maximum Gasteiger partial charge on any atom is 0.446 e. The monoisotopic (exact) mass is 407 g/mol. The zero-order chi connectivity index (χ0) is 17.2. The van der Waals surface area contributed by atoms with Crippen molar-refractivity contribution in [3.05, 3.63) is 58.3 Å². The van der Waals surface area contributed by atoms with Crippen molar-refractivity contribution in [1.29, 1.82) is 0 Å². The Morgan fingerprint density at radius 2 is 1.74 bits per heavy atom. The summed E-state index contributed by atoms with van der Waals surface area (Å²) in [4.78, 5) is 13.5. The second kappa shape index (κ2) is 6.92. The fraction of sp³-hybridized carbons (Fsp3) is 0.133. The molecule has 0 saturated carbocycles. The Kier molecular flexibility index (Phi) is 5.36. The number of halogens is 5. The predicted molar refractivity (Wildman–Crippen MR) is 85.2 cm³/mol. The highest BCUT2D eigenvalue weighted by Gasteiger charge is 2.29. The van der Waals surface area contributed by atoms with Crippen LogP contribution in [0.1, 0.15) is 10.4 Å². The summed E-state index contributed by atoms with van der Waals surface area (Å²) in [6, 6.07) is 9.32. The number of alkyl halides is 3. The van der Waals surface area contributed by atoms with Crippen molar-refractivity contribution in [2.45, 2.75) is 10.4 Å². The highest BCUT2D eigenvalue weighted by atomic mass is 79.9. The van der Waals surface area contributed by atoms with Crippen molar-refractivity contribution in [3.8, 4) is 0 Å². The fourth-order valence-corrected chi connectivity index (χ4v) is 2.70. The number of hydrogen-bond donors (Lipinski definition) is 0. The van der Waals surface area contributed by atoms with Crippen LogP contribution in [0.15, 0.2) is 51.8 Å². The molecule has 0 unspecified atom stereocenters. The van der Waals surface area contributed by atoms with Crippen molar-refractivity contribution < 1.29 is 22.4 Å². The molecule has 2 nitrogen and oxygen atoms in total. The third kappa shape index (κ3) is 4.71. The van der Waals surface area contributed by atoms with E-state index >= 15 is 0 Å². The third-order valence-electron chi connectivity index (χ3n) is 2.92. The Morgan fingerprint density at radius 1 is 1.13 bits per heavy atom. The van der Waals surface area contributed by atoms with Crippen molar-refractivity contribution in [2.24, 2.45) is 0 Å². The lowest BCUT2D eigenvalue weighted by molar-refractivity contribution is -0.0328. The Morgan fingerprint density at radius 3 is 2.26 bits per heavy atom. The van der Waals surface area contributed by atoms with Gasteiger partial charge in [-0.15, -0.1) is 0 Å². The van der Waals surface area contributed by atoms with Gasteiger partial charge in [-0.25, -0.2) is 4.39 Å². The van der Waals surface area contributed by atoms with E-state index in [0.717, 1.165) is 0 Å². The molecule has 0 saturated heterocycles. The van der Waals surface area contributed by atoms with Crippen LogP contribution in [-0.4, -0.2) is 18.5 Å². The first kappa shape index (κ1) is 17.8. The molecule has 0 aliphatic rings. The third-order valence-corrected chi connectivity index (χ3v) is 4.16. The van der Waals surface area contributed by atoms with Crippen molar-refractivity contribution in [2.75, 3.05) is 11.9 Å². The number of carbonyl (C=O) groups excluding carboxylic acids is 1. The number of amides is 1. The van der Waals surface area contributed by atoms with E-state index in [1.807, 2.05) is 0 Å². The molecular formula is C15H10BrF4NOS. The molecule has 23 heavy (non-hydrogen) atoms. The zero-order valence-corrected chi connectivity index (χ0v) is 14.1. The Hall–Kier alpha value is -1.54. The van der Waals surface area contributed by atoms with Gasteiger partial charge in [0.2, 0.25) is 0 Å². The van der Waals surface area contributed by atoms with Gasteiger partial charge in [0, 0.05) is 22.1 Å². The normalized spacial score (nSPS) is 11.4. The lowest BCUT2D eigenvalue weighted by atomic mass is 10.1. The molecule has 122 valence electrons. The van der Waals surface area contributed by atoms with Gasteiger partial charge in [0.25, 0.3) is 5.91 Å². The van der Waals surface area contributed by atoms with E-state index in [4.69, 9.17) is 0 Å². The minimum absolute atomic E-state index is 0.0110. The molecule has 0 fully saturated rings. The topological polar surface area (TPSA) is 20.3 Å². The van der Waals surface area contributed by atoms with Gasteiger partial charge >= 0.3 is 5.51 Å². The van der Waals surface area contributed by atoms with Crippen LogP contribution >= 0.6 is 27.7 Å². The molecule has 2 aromatic carbocycles. The van der Waals surface area contributed by atoms with Gasteiger partial charge in [-0.05, 0) is 54.2 Å². The van der Waals surface area contributed by atoms with Gasteiger partial charge in [-0.1, -0.05) is 15.9 Å². The Bertz CT molecular complexity index is 718. The van der Waals surface area contributed by atoms with Crippen LogP contribution < -0.4 is 4.90 Å². The summed E-state index contributed by atoms with van der Waals surface area (Å²) in [5.74, 6) is -1.27. The van der Waals surface area contributed by atoms with Crippen LogP contribution in [0.3, 0.4) is 0 Å². The largest absolute Gasteiger partial charge is 0.446 e. The SMILES string of the molecule is CN(C(=O)c1ccc(Br)cc1F)c1ccc(SC(F)(F)F)cc1.